The normalized spacial score (nSPS) is 7.71. The van der Waals surface area contributed by atoms with E-state index in [2.05, 4.69) is 9.47 Å². The quantitative estimate of drug-likeness (QED) is 0.365. The van der Waals surface area contributed by atoms with Gasteiger partial charge in [-0.1, -0.05) is 0 Å². The fraction of sp³-hybridized carbons (Fsp3) is 1.00. The molecule has 0 aliphatic heterocycles. The lowest BCUT2D eigenvalue weighted by Crippen LogP contribution is -1.96. The highest BCUT2D eigenvalue weighted by Gasteiger charge is 1.73. The third kappa shape index (κ3) is 10.7. The van der Waals surface area contributed by atoms with Gasteiger partial charge < -0.3 is 9.47 Å². The first kappa shape index (κ1) is 10.1. The van der Waals surface area contributed by atoms with Gasteiger partial charge in [0.05, 0.1) is 13.2 Å². The van der Waals surface area contributed by atoms with Crippen LogP contribution >= 0.6 is 0 Å². The highest BCUT2D eigenvalue weighted by Crippen LogP contribution is 1.65. The molecule has 0 saturated heterocycles. The Balaban J connectivity index is 0. The lowest BCUT2D eigenvalue weighted by molar-refractivity contribution is 0.103. The van der Waals surface area contributed by atoms with Crippen molar-refractivity contribution in [2.75, 3.05) is 27.4 Å². The monoisotopic (exact) mass is 101 g/mol. The van der Waals surface area contributed by atoms with Crippen LogP contribution in [0.15, 0.2) is 0 Å². The van der Waals surface area contributed by atoms with Crippen molar-refractivity contribution in [1.29, 1.82) is 0 Å². The Hall–Kier alpha value is -0.0151. The molecule has 3 heteroatoms. The summed E-state index contributed by atoms with van der Waals surface area (Å²) in [4.78, 5) is 0. The Kier molecular flexibility index (Phi) is 13.5. The summed E-state index contributed by atoms with van der Waals surface area (Å²) in [5, 5.41) is 0. The molecule has 0 aromatic heterocycles. The van der Waals surface area contributed by atoms with E-state index >= 15 is 0 Å². The maximum absolute atomic E-state index is 4.66. The SMILES string of the molecule is COCCOC.[B]. The van der Waals surface area contributed by atoms with Crippen molar-refractivity contribution in [2.45, 2.75) is 0 Å². The van der Waals surface area contributed by atoms with Crippen LogP contribution in [-0.2, 0) is 9.47 Å². The van der Waals surface area contributed by atoms with Gasteiger partial charge in [0.15, 0.2) is 0 Å². The van der Waals surface area contributed by atoms with Crippen LogP contribution in [0.5, 0.6) is 0 Å². The molecule has 0 atom stereocenters. The van der Waals surface area contributed by atoms with Crippen LogP contribution in [0.1, 0.15) is 0 Å². The molecule has 0 spiro atoms. The summed E-state index contributed by atoms with van der Waals surface area (Å²) in [7, 11) is 3.30. The number of hydrogen-bond donors (Lipinski definition) is 0. The molecule has 0 amide bonds. The summed E-state index contributed by atoms with van der Waals surface area (Å²) in [6.07, 6.45) is 0. The minimum absolute atomic E-state index is 0. The van der Waals surface area contributed by atoms with Gasteiger partial charge in [-0.05, 0) is 0 Å². The molecule has 2 nitrogen and oxygen atoms in total. The predicted octanol–water partition coefficient (Wildman–Crippen LogP) is -0.102. The van der Waals surface area contributed by atoms with Crippen molar-refractivity contribution in [1.82, 2.24) is 0 Å². The van der Waals surface area contributed by atoms with Gasteiger partial charge in [0.1, 0.15) is 0 Å². The topological polar surface area (TPSA) is 18.5 Å². The highest BCUT2D eigenvalue weighted by molar-refractivity contribution is 5.75. The maximum atomic E-state index is 4.66. The average Bonchev–Trinajstić information content (AvgIpc) is 1.61. The van der Waals surface area contributed by atoms with E-state index in [1.807, 2.05) is 0 Å². The van der Waals surface area contributed by atoms with Crippen molar-refractivity contribution >= 4 is 8.41 Å². The van der Waals surface area contributed by atoms with E-state index in [4.69, 9.17) is 0 Å². The molecule has 3 radical (unpaired) electrons. The Labute approximate surface area is 46.4 Å². The molecule has 0 bridgehead atoms. The molecule has 41 valence electrons. The molecule has 0 saturated carbocycles. The standard InChI is InChI=1S/C4H10O2.B/c1-5-3-4-6-2;/h3-4H2,1-2H3;. The Morgan fingerprint density at radius 1 is 1.00 bits per heavy atom. The Morgan fingerprint density at radius 3 is 1.43 bits per heavy atom. The summed E-state index contributed by atoms with van der Waals surface area (Å²) < 4.78 is 9.31. The predicted molar refractivity (Wildman–Crippen MR) is 29.5 cm³/mol. The summed E-state index contributed by atoms with van der Waals surface area (Å²) >= 11 is 0. The number of hydrogen-bond acceptors (Lipinski definition) is 2. The molecule has 0 heterocycles. The van der Waals surface area contributed by atoms with E-state index < -0.39 is 0 Å². The van der Waals surface area contributed by atoms with Crippen molar-refractivity contribution in [3.05, 3.63) is 0 Å². The van der Waals surface area contributed by atoms with Crippen LogP contribution in [0.3, 0.4) is 0 Å². The maximum Gasteiger partial charge on any atom is 0.0696 e. The smallest absolute Gasteiger partial charge is 0.0696 e. The van der Waals surface area contributed by atoms with Crippen molar-refractivity contribution in [2.24, 2.45) is 0 Å². The van der Waals surface area contributed by atoms with Gasteiger partial charge in [0.2, 0.25) is 0 Å². The fourth-order valence-electron chi connectivity index (χ4n) is 0.167. The largest absolute Gasteiger partial charge is 0.382 e. The molecule has 0 N–H and O–H groups in total. The van der Waals surface area contributed by atoms with E-state index in [1.54, 1.807) is 14.2 Å². The molecule has 0 aromatic carbocycles. The first-order valence-electron chi connectivity index (χ1n) is 1.89. The highest BCUT2D eigenvalue weighted by atomic mass is 16.5. The number of methoxy groups -OCH3 is 2. The van der Waals surface area contributed by atoms with Gasteiger partial charge in [-0.3, -0.25) is 0 Å². The molecule has 0 fully saturated rings. The summed E-state index contributed by atoms with van der Waals surface area (Å²) in [5.74, 6) is 0. The van der Waals surface area contributed by atoms with Gasteiger partial charge in [-0.15, -0.1) is 0 Å². The molecule has 0 aliphatic rings. The van der Waals surface area contributed by atoms with Gasteiger partial charge in [-0.25, -0.2) is 0 Å². The summed E-state index contributed by atoms with van der Waals surface area (Å²) in [6, 6.07) is 0. The first-order valence-corrected chi connectivity index (χ1v) is 1.89. The van der Waals surface area contributed by atoms with Crippen LogP contribution < -0.4 is 0 Å². The number of ether oxygens (including phenoxy) is 2. The lowest BCUT2D eigenvalue weighted by atomic mass is 10.8. The van der Waals surface area contributed by atoms with Crippen LogP contribution in [0.4, 0.5) is 0 Å². The van der Waals surface area contributed by atoms with Crippen LogP contribution in [0.25, 0.3) is 0 Å². The molecule has 0 unspecified atom stereocenters. The third-order valence-corrected chi connectivity index (χ3v) is 0.492. The lowest BCUT2D eigenvalue weighted by Gasteiger charge is -1.91. The zero-order chi connectivity index (χ0) is 4.83. The average molecular weight is 101 g/mol. The molecule has 0 rings (SSSR count). The summed E-state index contributed by atoms with van der Waals surface area (Å²) in [6.45, 7) is 1.38. The fourth-order valence-corrected chi connectivity index (χ4v) is 0.167. The Morgan fingerprint density at radius 2 is 1.29 bits per heavy atom. The van der Waals surface area contributed by atoms with Gasteiger partial charge in [-0.2, -0.15) is 0 Å². The molecule has 0 aliphatic carbocycles. The van der Waals surface area contributed by atoms with E-state index in [0.29, 0.717) is 13.2 Å². The van der Waals surface area contributed by atoms with Gasteiger partial charge >= 0.3 is 0 Å². The minimum atomic E-state index is 0. The third-order valence-electron chi connectivity index (χ3n) is 0.492. The Bertz CT molecular complexity index is 21.7. The van der Waals surface area contributed by atoms with Crippen molar-refractivity contribution in [3.8, 4) is 0 Å². The minimum Gasteiger partial charge on any atom is -0.382 e. The van der Waals surface area contributed by atoms with Gasteiger partial charge in [0.25, 0.3) is 0 Å². The number of rotatable bonds is 3. The van der Waals surface area contributed by atoms with Crippen LogP contribution in [0.2, 0.25) is 0 Å². The van der Waals surface area contributed by atoms with Crippen molar-refractivity contribution in [3.63, 3.8) is 0 Å². The second-order valence-corrected chi connectivity index (χ2v) is 0.986. The zero-order valence-electron chi connectivity index (χ0n) is 4.81. The molecular weight excluding hydrogens is 90.9 g/mol. The van der Waals surface area contributed by atoms with E-state index in [1.165, 1.54) is 0 Å². The second kappa shape index (κ2) is 9.37. The second-order valence-electron chi connectivity index (χ2n) is 0.986. The zero-order valence-corrected chi connectivity index (χ0v) is 4.81. The van der Waals surface area contributed by atoms with Crippen molar-refractivity contribution < 1.29 is 9.47 Å². The van der Waals surface area contributed by atoms with Gasteiger partial charge in [0, 0.05) is 22.6 Å². The van der Waals surface area contributed by atoms with E-state index in [-0.39, 0.29) is 8.41 Å². The molecule has 7 heavy (non-hydrogen) atoms. The summed E-state index contributed by atoms with van der Waals surface area (Å²) in [5.41, 5.74) is 0. The van der Waals surface area contributed by atoms with E-state index in [9.17, 15) is 0 Å². The first-order chi connectivity index (χ1) is 2.91. The molecular formula is C4H10BO2. The van der Waals surface area contributed by atoms with Crippen LogP contribution in [-0.4, -0.2) is 35.8 Å². The van der Waals surface area contributed by atoms with Crippen LogP contribution in [0, 0.1) is 0 Å². The van der Waals surface area contributed by atoms with E-state index in [0.717, 1.165) is 0 Å². The molecule has 0 aromatic rings.